The van der Waals surface area contributed by atoms with Gasteiger partial charge in [0.25, 0.3) is 11.7 Å². The second-order valence-corrected chi connectivity index (χ2v) is 8.01. The molecule has 1 atom stereocenters. The highest BCUT2D eigenvalue weighted by Gasteiger charge is 2.47. The molecule has 0 bridgehead atoms. The number of carbonyl (C=O) groups is 2. The van der Waals surface area contributed by atoms with Crippen molar-refractivity contribution in [3.63, 3.8) is 0 Å². The molecular weight excluding hydrogens is 442 g/mol. The Kier molecular flexibility index (Phi) is 6.11. The third-order valence-corrected chi connectivity index (χ3v) is 5.90. The number of ketones is 1. The average molecular weight is 464 g/mol. The number of amides is 1. The molecular formula is C26H22ClNO5. The molecule has 1 heterocycles. The van der Waals surface area contributed by atoms with E-state index in [1.807, 2.05) is 49.4 Å². The fourth-order valence-electron chi connectivity index (χ4n) is 3.95. The molecule has 1 N–H and O–H groups in total. The number of aliphatic hydroxyl groups excluding tert-OH is 1. The molecule has 1 amide bonds. The minimum absolute atomic E-state index is 0.0497. The van der Waals surface area contributed by atoms with Crippen molar-refractivity contribution >= 4 is 34.7 Å². The van der Waals surface area contributed by atoms with Gasteiger partial charge in [0.1, 0.15) is 17.3 Å². The Morgan fingerprint density at radius 1 is 0.939 bits per heavy atom. The first-order valence-corrected chi connectivity index (χ1v) is 10.6. The van der Waals surface area contributed by atoms with Crippen molar-refractivity contribution in [2.75, 3.05) is 19.1 Å². The second-order valence-electron chi connectivity index (χ2n) is 7.60. The number of aryl methyl sites for hydroxylation is 1. The van der Waals surface area contributed by atoms with Crippen molar-refractivity contribution in [3.05, 3.63) is 94.0 Å². The highest BCUT2D eigenvalue weighted by Crippen LogP contribution is 2.44. The topological polar surface area (TPSA) is 76.1 Å². The standard InChI is InChI=1S/C26H22ClNO5/c1-15-9-11-17(12-10-15)28-23(16-7-5-4-6-8-16)22(25(30)26(28)31)24(29)18-13-19(27)21(33-3)14-20(18)32-2/h4-14,23,29H,1-3H3/b24-22+. The van der Waals surface area contributed by atoms with Gasteiger partial charge in [-0.2, -0.15) is 0 Å². The van der Waals surface area contributed by atoms with E-state index in [-0.39, 0.29) is 27.7 Å². The van der Waals surface area contributed by atoms with Crippen LogP contribution in [0.4, 0.5) is 5.69 Å². The van der Waals surface area contributed by atoms with Crippen LogP contribution < -0.4 is 14.4 Å². The summed E-state index contributed by atoms with van der Waals surface area (Å²) in [5, 5.41) is 11.6. The van der Waals surface area contributed by atoms with Crippen LogP contribution in [0.1, 0.15) is 22.7 Å². The van der Waals surface area contributed by atoms with E-state index in [4.69, 9.17) is 21.1 Å². The Labute approximate surface area is 196 Å². The smallest absolute Gasteiger partial charge is 0.300 e. The van der Waals surface area contributed by atoms with Crippen LogP contribution in [0.2, 0.25) is 5.02 Å². The van der Waals surface area contributed by atoms with E-state index in [0.717, 1.165) is 5.56 Å². The summed E-state index contributed by atoms with van der Waals surface area (Å²) in [7, 11) is 2.89. The van der Waals surface area contributed by atoms with Crippen LogP contribution in [0, 0.1) is 6.92 Å². The zero-order valence-corrected chi connectivity index (χ0v) is 19.1. The van der Waals surface area contributed by atoms with Crippen LogP contribution in [0.5, 0.6) is 11.5 Å². The van der Waals surface area contributed by atoms with Crippen molar-refractivity contribution in [3.8, 4) is 11.5 Å². The van der Waals surface area contributed by atoms with Crippen molar-refractivity contribution in [2.45, 2.75) is 13.0 Å². The van der Waals surface area contributed by atoms with Crippen molar-refractivity contribution in [2.24, 2.45) is 0 Å². The molecule has 1 aliphatic heterocycles. The molecule has 0 saturated carbocycles. The van der Waals surface area contributed by atoms with Gasteiger partial charge in [-0.05, 0) is 30.7 Å². The average Bonchev–Trinajstić information content (AvgIpc) is 3.10. The van der Waals surface area contributed by atoms with Crippen LogP contribution in [0.25, 0.3) is 5.76 Å². The number of anilines is 1. The van der Waals surface area contributed by atoms with E-state index in [9.17, 15) is 14.7 Å². The number of halogens is 1. The third-order valence-electron chi connectivity index (χ3n) is 5.60. The summed E-state index contributed by atoms with van der Waals surface area (Å²) in [6.45, 7) is 1.94. The maximum atomic E-state index is 13.3. The van der Waals surface area contributed by atoms with E-state index in [0.29, 0.717) is 17.0 Å². The van der Waals surface area contributed by atoms with Gasteiger partial charge in [-0.15, -0.1) is 0 Å². The predicted molar refractivity (Wildman–Crippen MR) is 127 cm³/mol. The zero-order valence-electron chi connectivity index (χ0n) is 18.3. The van der Waals surface area contributed by atoms with Crippen LogP contribution >= 0.6 is 11.6 Å². The van der Waals surface area contributed by atoms with Crippen LogP contribution in [-0.4, -0.2) is 31.0 Å². The lowest BCUT2D eigenvalue weighted by molar-refractivity contribution is -0.132. The Balaban J connectivity index is 1.97. The summed E-state index contributed by atoms with van der Waals surface area (Å²) in [5.41, 5.74) is 2.38. The number of hydrogen-bond donors (Lipinski definition) is 1. The predicted octanol–water partition coefficient (Wildman–Crippen LogP) is 5.29. The molecule has 0 spiro atoms. The summed E-state index contributed by atoms with van der Waals surface area (Å²) >= 11 is 6.29. The fourth-order valence-corrected chi connectivity index (χ4v) is 4.19. The number of nitrogens with zero attached hydrogens (tertiary/aromatic N) is 1. The number of aliphatic hydroxyl groups is 1. The third kappa shape index (κ3) is 3.94. The minimum atomic E-state index is -0.834. The lowest BCUT2D eigenvalue weighted by atomic mass is 9.94. The molecule has 1 aliphatic rings. The number of rotatable bonds is 5. The van der Waals surface area contributed by atoms with E-state index in [2.05, 4.69) is 0 Å². The molecule has 0 aromatic heterocycles. The van der Waals surface area contributed by atoms with Gasteiger partial charge >= 0.3 is 0 Å². The molecule has 33 heavy (non-hydrogen) atoms. The molecule has 7 heteroatoms. The second kappa shape index (κ2) is 9.00. The fraction of sp³-hybridized carbons (Fsp3) is 0.154. The van der Waals surface area contributed by atoms with Gasteiger partial charge in [0.2, 0.25) is 0 Å². The van der Waals surface area contributed by atoms with Gasteiger partial charge in [-0.1, -0.05) is 59.6 Å². The molecule has 3 aromatic carbocycles. The van der Waals surface area contributed by atoms with E-state index < -0.39 is 17.7 Å². The van der Waals surface area contributed by atoms with E-state index >= 15 is 0 Å². The number of Topliss-reactive ketones (excluding diaryl/α,β-unsaturated/α-hetero) is 1. The van der Waals surface area contributed by atoms with Crippen LogP contribution in [0.15, 0.2) is 72.3 Å². The molecule has 168 valence electrons. The Morgan fingerprint density at radius 2 is 1.58 bits per heavy atom. The normalized spacial score (nSPS) is 17.3. The van der Waals surface area contributed by atoms with Crippen molar-refractivity contribution in [1.29, 1.82) is 0 Å². The molecule has 4 rings (SSSR count). The van der Waals surface area contributed by atoms with Gasteiger partial charge in [-0.25, -0.2) is 0 Å². The number of ether oxygens (including phenoxy) is 2. The highest BCUT2D eigenvalue weighted by molar-refractivity contribution is 6.51. The Hall–Kier alpha value is -3.77. The quantitative estimate of drug-likeness (QED) is 0.316. The maximum absolute atomic E-state index is 13.3. The molecule has 1 unspecified atom stereocenters. The number of benzene rings is 3. The monoisotopic (exact) mass is 463 g/mol. The van der Waals surface area contributed by atoms with Gasteiger partial charge in [0.05, 0.1) is 36.4 Å². The summed E-state index contributed by atoms with van der Waals surface area (Å²) < 4.78 is 10.6. The molecule has 6 nitrogen and oxygen atoms in total. The first-order valence-electron chi connectivity index (χ1n) is 10.2. The van der Waals surface area contributed by atoms with Gasteiger partial charge in [-0.3, -0.25) is 14.5 Å². The van der Waals surface area contributed by atoms with E-state index in [1.54, 1.807) is 12.1 Å². The summed E-state index contributed by atoms with van der Waals surface area (Å²) in [4.78, 5) is 27.9. The van der Waals surface area contributed by atoms with Gasteiger partial charge in [0.15, 0.2) is 0 Å². The first kappa shape index (κ1) is 22.4. The summed E-state index contributed by atoms with van der Waals surface area (Å²) in [5.74, 6) is -1.30. The molecule has 3 aromatic rings. The first-order chi connectivity index (χ1) is 15.9. The molecule has 0 radical (unpaired) electrons. The summed E-state index contributed by atoms with van der Waals surface area (Å²) in [6, 6.07) is 18.5. The largest absolute Gasteiger partial charge is 0.507 e. The highest BCUT2D eigenvalue weighted by atomic mass is 35.5. The summed E-state index contributed by atoms with van der Waals surface area (Å²) in [6.07, 6.45) is 0. The lowest BCUT2D eigenvalue weighted by Crippen LogP contribution is -2.29. The zero-order chi connectivity index (χ0) is 23.7. The van der Waals surface area contributed by atoms with Crippen LogP contribution in [0.3, 0.4) is 0 Å². The molecule has 1 fully saturated rings. The van der Waals surface area contributed by atoms with Crippen LogP contribution in [-0.2, 0) is 9.59 Å². The SMILES string of the molecule is COc1cc(OC)c(/C(O)=C2\C(=O)C(=O)N(c3ccc(C)cc3)C2c2ccccc2)cc1Cl. The molecule has 1 saturated heterocycles. The number of carbonyl (C=O) groups excluding carboxylic acids is 2. The Bertz CT molecular complexity index is 1250. The van der Waals surface area contributed by atoms with Gasteiger partial charge < -0.3 is 14.6 Å². The molecule has 0 aliphatic carbocycles. The minimum Gasteiger partial charge on any atom is -0.507 e. The van der Waals surface area contributed by atoms with Gasteiger partial charge in [0, 0.05) is 11.8 Å². The Morgan fingerprint density at radius 3 is 2.18 bits per heavy atom. The van der Waals surface area contributed by atoms with Crippen molar-refractivity contribution < 1.29 is 24.2 Å². The number of methoxy groups -OCH3 is 2. The lowest BCUT2D eigenvalue weighted by Gasteiger charge is -2.25. The van der Waals surface area contributed by atoms with Crippen molar-refractivity contribution in [1.82, 2.24) is 0 Å². The number of hydrogen-bond acceptors (Lipinski definition) is 5. The van der Waals surface area contributed by atoms with E-state index in [1.165, 1.54) is 31.3 Å². The maximum Gasteiger partial charge on any atom is 0.300 e.